The molecule has 1 saturated heterocycles. The highest BCUT2D eigenvalue weighted by atomic mass is 19.1. The van der Waals surface area contributed by atoms with E-state index in [1.807, 2.05) is 0 Å². The zero-order valence-electron chi connectivity index (χ0n) is 9.82. The maximum absolute atomic E-state index is 12.7. The lowest BCUT2D eigenvalue weighted by atomic mass is 10.1. The van der Waals surface area contributed by atoms with Gasteiger partial charge in [-0.05, 0) is 42.5 Å². The first-order valence-electron chi connectivity index (χ1n) is 5.92. The smallest absolute Gasteiger partial charge is 0.158 e. The molecule has 0 aromatic heterocycles. The molecule has 0 aliphatic carbocycles. The van der Waals surface area contributed by atoms with Gasteiger partial charge in [0.25, 0.3) is 0 Å². The Morgan fingerprint density at radius 1 is 1.35 bits per heavy atom. The van der Waals surface area contributed by atoms with E-state index in [9.17, 15) is 4.39 Å². The van der Waals surface area contributed by atoms with Gasteiger partial charge in [-0.1, -0.05) is 18.7 Å². The minimum Gasteiger partial charge on any atom is -0.353 e. The van der Waals surface area contributed by atoms with Gasteiger partial charge >= 0.3 is 0 Å². The minimum absolute atomic E-state index is 0.110. The third kappa shape index (κ3) is 3.65. The highest BCUT2D eigenvalue weighted by Crippen LogP contribution is 2.18. The molecule has 2 nitrogen and oxygen atoms in total. The summed E-state index contributed by atoms with van der Waals surface area (Å²) < 4.78 is 23.8. The number of hydrogen-bond donors (Lipinski definition) is 0. The van der Waals surface area contributed by atoms with Crippen molar-refractivity contribution in [2.24, 2.45) is 0 Å². The summed E-state index contributed by atoms with van der Waals surface area (Å²) in [6.45, 7) is 5.13. The van der Waals surface area contributed by atoms with Crippen LogP contribution in [0, 0.1) is 5.82 Å². The highest BCUT2D eigenvalue weighted by Gasteiger charge is 2.14. The van der Waals surface area contributed by atoms with Crippen LogP contribution in [0.15, 0.2) is 30.8 Å². The Morgan fingerprint density at radius 2 is 2.12 bits per heavy atom. The van der Waals surface area contributed by atoms with Crippen LogP contribution in [0.1, 0.15) is 24.8 Å². The zero-order valence-corrected chi connectivity index (χ0v) is 9.82. The van der Waals surface area contributed by atoms with Crippen LogP contribution >= 0.6 is 0 Å². The van der Waals surface area contributed by atoms with E-state index >= 15 is 0 Å². The van der Waals surface area contributed by atoms with E-state index < -0.39 is 0 Å². The van der Waals surface area contributed by atoms with Crippen molar-refractivity contribution in [3.63, 3.8) is 0 Å². The molecule has 1 aliphatic rings. The average Bonchev–Trinajstić information content (AvgIpc) is 2.38. The van der Waals surface area contributed by atoms with Crippen molar-refractivity contribution in [2.45, 2.75) is 25.6 Å². The molecule has 17 heavy (non-hydrogen) atoms. The van der Waals surface area contributed by atoms with Crippen LogP contribution in [-0.2, 0) is 9.47 Å². The van der Waals surface area contributed by atoms with Crippen LogP contribution in [0.2, 0.25) is 0 Å². The molecule has 1 atom stereocenters. The monoisotopic (exact) mass is 236 g/mol. The summed E-state index contributed by atoms with van der Waals surface area (Å²) in [5.41, 5.74) is 1.75. The van der Waals surface area contributed by atoms with Crippen molar-refractivity contribution in [1.29, 1.82) is 0 Å². The highest BCUT2D eigenvalue weighted by molar-refractivity contribution is 5.63. The second-order valence-corrected chi connectivity index (χ2v) is 4.22. The number of benzene rings is 1. The fourth-order valence-electron chi connectivity index (χ4n) is 1.81. The molecule has 1 aromatic rings. The number of ether oxygens (including phenoxy) is 2. The summed E-state index contributed by atoms with van der Waals surface area (Å²) in [7, 11) is 0. The SMILES string of the molecule is C=C(COC1CCCCO1)c1ccc(F)cc1. The van der Waals surface area contributed by atoms with Crippen LogP contribution in [0.25, 0.3) is 5.57 Å². The Labute approximate surface area is 101 Å². The lowest BCUT2D eigenvalue weighted by molar-refractivity contribution is -0.154. The first-order chi connectivity index (χ1) is 8.25. The van der Waals surface area contributed by atoms with Crippen LogP contribution in [0.5, 0.6) is 0 Å². The van der Waals surface area contributed by atoms with Gasteiger partial charge in [0.2, 0.25) is 0 Å². The van der Waals surface area contributed by atoms with Gasteiger partial charge in [-0.2, -0.15) is 0 Å². The molecule has 1 aromatic carbocycles. The molecule has 0 amide bonds. The van der Waals surface area contributed by atoms with Gasteiger partial charge in [-0.15, -0.1) is 0 Å². The minimum atomic E-state index is -0.238. The van der Waals surface area contributed by atoms with Crippen molar-refractivity contribution in [1.82, 2.24) is 0 Å². The molecular formula is C14H17FO2. The third-order valence-electron chi connectivity index (χ3n) is 2.83. The Kier molecular flexibility index (Phi) is 4.29. The van der Waals surface area contributed by atoms with Crippen LogP contribution < -0.4 is 0 Å². The van der Waals surface area contributed by atoms with E-state index in [2.05, 4.69) is 6.58 Å². The first-order valence-corrected chi connectivity index (χ1v) is 5.92. The van der Waals surface area contributed by atoms with Crippen molar-refractivity contribution in [3.05, 3.63) is 42.2 Å². The third-order valence-corrected chi connectivity index (χ3v) is 2.83. The first kappa shape index (κ1) is 12.3. The predicted octanol–water partition coefficient (Wildman–Crippen LogP) is 3.38. The fourth-order valence-corrected chi connectivity index (χ4v) is 1.81. The number of halogens is 1. The molecule has 92 valence electrons. The van der Waals surface area contributed by atoms with Crippen molar-refractivity contribution in [3.8, 4) is 0 Å². The van der Waals surface area contributed by atoms with Gasteiger partial charge in [0.1, 0.15) is 5.82 Å². The van der Waals surface area contributed by atoms with E-state index in [-0.39, 0.29) is 12.1 Å². The van der Waals surface area contributed by atoms with Crippen molar-refractivity contribution < 1.29 is 13.9 Å². The van der Waals surface area contributed by atoms with E-state index in [1.54, 1.807) is 12.1 Å². The quantitative estimate of drug-likeness (QED) is 0.797. The largest absolute Gasteiger partial charge is 0.353 e. The molecule has 0 N–H and O–H groups in total. The maximum Gasteiger partial charge on any atom is 0.158 e. The Morgan fingerprint density at radius 3 is 2.76 bits per heavy atom. The van der Waals surface area contributed by atoms with Crippen LogP contribution in [0.3, 0.4) is 0 Å². The second kappa shape index (κ2) is 5.94. The molecule has 0 spiro atoms. The van der Waals surface area contributed by atoms with Crippen LogP contribution in [0.4, 0.5) is 4.39 Å². The van der Waals surface area contributed by atoms with E-state index in [0.717, 1.165) is 37.0 Å². The summed E-state index contributed by atoms with van der Waals surface area (Å²) in [6.07, 6.45) is 3.09. The van der Waals surface area contributed by atoms with Gasteiger partial charge in [-0.25, -0.2) is 4.39 Å². The Balaban J connectivity index is 1.82. The van der Waals surface area contributed by atoms with Gasteiger partial charge in [0, 0.05) is 6.61 Å². The molecule has 1 heterocycles. The van der Waals surface area contributed by atoms with Crippen molar-refractivity contribution in [2.75, 3.05) is 13.2 Å². The van der Waals surface area contributed by atoms with E-state index in [1.165, 1.54) is 12.1 Å². The number of rotatable bonds is 4. The average molecular weight is 236 g/mol. The molecule has 1 fully saturated rings. The second-order valence-electron chi connectivity index (χ2n) is 4.22. The predicted molar refractivity (Wildman–Crippen MR) is 65.0 cm³/mol. The Hall–Kier alpha value is -1.19. The lowest BCUT2D eigenvalue weighted by Crippen LogP contribution is -2.22. The molecule has 1 aliphatic heterocycles. The van der Waals surface area contributed by atoms with Gasteiger partial charge in [0.05, 0.1) is 6.61 Å². The molecule has 0 radical (unpaired) electrons. The van der Waals surface area contributed by atoms with E-state index in [0.29, 0.717) is 6.61 Å². The molecular weight excluding hydrogens is 219 g/mol. The van der Waals surface area contributed by atoms with Gasteiger partial charge in [0.15, 0.2) is 6.29 Å². The normalized spacial score (nSPS) is 20.2. The molecule has 2 rings (SSSR count). The molecule has 0 bridgehead atoms. The molecule has 3 heteroatoms. The van der Waals surface area contributed by atoms with Crippen molar-refractivity contribution >= 4 is 5.57 Å². The topological polar surface area (TPSA) is 18.5 Å². The van der Waals surface area contributed by atoms with Gasteiger partial charge < -0.3 is 9.47 Å². The molecule has 0 saturated carbocycles. The van der Waals surface area contributed by atoms with E-state index in [4.69, 9.17) is 9.47 Å². The summed E-state index contributed by atoms with van der Waals surface area (Å²) in [6, 6.07) is 6.28. The molecule has 1 unspecified atom stereocenters. The number of hydrogen-bond acceptors (Lipinski definition) is 2. The Bertz CT molecular complexity index is 366. The van der Waals surface area contributed by atoms with Crippen LogP contribution in [-0.4, -0.2) is 19.5 Å². The van der Waals surface area contributed by atoms with Gasteiger partial charge in [-0.3, -0.25) is 0 Å². The summed E-state index contributed by atoms with van der Waals surface area (Å²) >= 11 is 0. The summed E-state index contributed by atoms with van der Waals surface area (Å²) in [5.74, 6) is -0.238. The summed E-state index contributed by atoms with van der Waals surface area (Å²) in [5, 5.41) is 0. The lowest BCUT2D eigenvalue weighted by Gasteiger charge is -2.23. The fraction of sp³-hybridized carbons (Fsp3) is 0.429. The standard InChI is InChI=1S/C14H17FO2/c1-11(12-5-7-13(15)8-6-12)10-17-14-4-2-3-9-16-14/h5-8,14H,1-4,9-10H2. The zero-order chi connectivity index (χ0) is 12.1. The summed E-state index contributed by atoms with van der Waals surface area (Å²) in [4.78, 5) is 0. The maximum atomic E-state index is 12.7.